The summed E-state index contributed by atoms with van der Waals surface area (Å²) in [6, 6.07) is 7.58. The summed E-state index contributed by atoms with van der Waals surface area (Å²) in [6.45, 7) is 3.17. The van der Waals surface area contributed by atoms with Gasteiger partial charge in [0.25, 0.3) is 0 Å². The standard InChI is InChI=1S/C15H19F3N2O/c1-10-7-12(9-20(10)13-5-6-13)19-11-3-2-4-14(8-11)21-15(16,17)18/h2-4,8,10,12-13,19H,5-7,9H2,1H3. The van der Waals surface area contributed by atoms with E-state index < -0.39 is 6.36 Å². The van der Waals surface area contributed by atoms with Crippen LogP contribution in [0, 0.1) is 0 Å². The molecule has 1 aliphatic heterocycles. The van der Waals surface area contributed by atoms with Gasteiger partial charge in [-0.25, -0.2) is 0 Å². The molecule has 3 nitrogen and oxygen atoms in total. The van der Waals surface area contributed by atoms with Crippen molar-refractivity contribution in [1.29, 1.82) is 0 Å². The Hall–Kier alpha value is -1.43. The van der Waals surface area contributed by atoms with Crippen LogP contribution < -0.4 is 10.1 Å². The van der Waals surface area contributed by atoms with E-state index in [9.17, 15) is 13.2 Å². The number of rotatable bonds is 4. The van der Waals surface area contributed by atoms with Gasteiger partial charge >= 0.3 is 6.36 Å². The fraction of sp³-hybridized carbons (Fsp3) is 0.600. The maximum Gasteiger partial charge on any atom is 0.573 e. The average molecular weight is 300 g/mol. The average Bonchev–Trinajstić information content (AvgIpc) is 3.13. The maximum atomic E-state index is 12.2. The summed E-state index contributed by atoms with van der Waals surface area (Å²) in [4.78, 5) is 2.49. The van der Waals surface area contributed by atoms with E-state index in [0.717, 1.165) is 13.0 Å². The Morgan fingerprint density at radius 3 is 2.71 bits per heavy atom. The zero-order chi connectivity index (χ0) is 15.0. The largest absolute Gasteiger partial charge is 0.573 e. The minimum Gasteiger partial charge on any atom is -0.406 e. The van der Waals surface area contributed by atoms with E-state index >= 15 is 0 Å². The van der Waals surface area contributed by atoms with E-state index in [1.165, 1.54) is 25.0 Å². The fourth-order valence-electron chi connectivity index (χ4n) is 3.09. The molecule has 21 heavy (non-hydrogen) atoms. The number of likely N-dealkylation sites (tertiary alicyclic amines) is 1. The Labute approximate surface area is 122 Å². The molecule has 1 aromatic carbocycles. The van der Waals surface area contributed by atoms with Crippen LogP contribution in [-0.2, 0) is 0 Å². The molecule has 2 aliphatic rings. The Morgan fingerprint density at radius 1 is 1.29 bits per heavy atom. The summed E-state index contributed by atoms with van der Waals surface area (Å²) in [5.74, 6) is -0.183. The summed E-state index contributed by atoms with van der Waals surface area (Å²) in [5.41, 5.74) is 0.673. The van der Waals surface area contributed by atoms with Crippen LogP contribution in [0.3, 0.4) is 0 Å². The molecule has 2 atom stereocenters. The van der Waals surface area contributed by atoms with Gasteiger partial charge in [0.15, 0.2) is 0 Å². The van der Waals surface area contributed by atoms with Crippen LogP contribution in [-0.4, -0.2) is 35.9 Å². The Balaban J connectivity index is 1.61. The van der Waals surface area contributed by atoms with E-state index in [1.54, 1.807) is 12.1 Å². The summed E-state index contributed by atoms with van der Waals surface area (Å²) in [7, 11) is 0. The Bertz CT molecular complexity index is 502. The van der Waals surface area contributed by atoms with Gasteiger partial charge in [-0.05, 0) is 38.3 Å². The monoisotopic (exact) mass is 300 g/mol. The van der Waals surface area contributed by atoms with Crippen LogP contribution in [0.4, 0.5) is 18.9 Å². The van der Waals surface area contributed by atoms with E-state index in [1.807, 2.05) is 0 Å². The fourth-order valence-corrected chi connectivity index (χ4v) is 3.09. The number of hydrogen-bond donors (Lipinski definition) is 1. The van der Waals surface area contributed by atoms with Gasteiger partial charge in [0, 0.05) is 36.4 Å². The topological polar surface area (TPSA) is 24.5 Å². The minimum absolute atomic E-state index is 0.183. The van der Waals surface area contributed by atoms with Crippen molar-refractivity contribution in [2.24, 2.45) is 0 Å². The number of benzene rings is 1. The SMILES string of the molecule is CC1CC(Nc2cccc(OC(F)(F)F)c2)CN1C1CC1. The van der Waals surface area contributed by atoms with Crippen LogP contribution in [0.1, 0.15) is 26.2 Å². The first-order chi connectivity index (χ1) is 9.90. The molecular formula is C15H19F3N2O. The molecule has 1 N–H and O–H groups in total. The van der Waals surface area contributed by atoms with Gasteiger partial charge < -0.3 is 10.1 Å². The van der Waals surface area contributed by atoms with Crippen LogP contribution in [0.15, 0.2) is 24.3 Å². The van der Waals surface area contributed by atoms with Crippen molar-refractivity contribution < 1.29 is 17.9 Å². The van der Waals surface area contributed by atoms with Crippen molar-refractivity contribution in [2.45, 2.75) is 50.7 Å². The van der Waals surface area contributed by atoms with Crippen LogP contribution in [0.5, 0.6) is 5.75 Å². The van der Waals surface area contributed by atoms with Gasteiger partial charge in [0.05, 0.1) is 0 Å². The lowest BCUT2D eigenvalue weighted by Crippen LogP contribution is -2.31. The molecule has 0 spiro atoms. The van der Waals surface area contributed by atoms with Gasteiger partial charge in [0.2, 0.25) is 0 Å². The number of ether oxygens (including phenoxy) is 1. The third-order valence-corrected chi connectivity index (χ3v) is 4.08. The van der Waals surface area contributed by atoms with Crippen molar-refractivity contribution in [3.05, 3.63) is 24.3 Å². The number of alkyl halides is 3. The van der Waals surface area contributed by atoms with E-state index in [0.29, 0.717) is 17.8 Å². The third kappa shape index (κ3) is 3.81. The molecule has 6 heteroatoms. The van der Waals surface area contributed by atoms with Gasteiger partial charge in [-0.2, -0.15) is 0 Å². The van der Waals surface area contributed by atoms with Gasteiger partial charge in [-0.1, -0.05) is 6.07 Å². The highest BCUT2D eigenvalue weighted by Gasteiger charge is 2.38. The molecule has 0 radical (unpaired) electrons. The molecule has 0 amide bonds. The molecule has 2 unspecified atom stereocenters. The first-order valence-electron chi connectivity index (χ1n) is 7.29. The summed E-state index contributed by atoms with van der Waals surface area (Å²) < 4.78 is 40.6. The van der Waals surface area contributed by atoms with E-state index in [4.69, 9.17) is 0 Å². The van der Waals surface area contributed by atoms with Gasteiger partial charge in [-0.3, -0.25) is 4.90 Å². The first kappa shape index (κ1) is 14.5. The second-order valence-corrected chi connectivity index (χ2v) is 5.93. The molecule has 1 saturated carbocycles. The molecular weight excluding hydrogens is 281 g/mol. The normalized spacial score (nSPS) is 26.9. The lowest BCUT2D eigenvalue weighted by atomic mass is 10.2. The molecule has 3 rings (SSSR count). The Morgan fingerprint density at radius 2 is 2.05 bits per heavy atom. The van der Waals surface area contributed by atoms with Crippen molar-refractivity contribution in [1.82, 2.24) is 4.90 Å². The quantitative estimate of drug-likeness (QED) is 0.919. The molecule has 116 valence electrons. The molecule has 1 heterocycles. The highest BCUT2D eigenvalue weighted by atomic mass is 19.4. The zero-order valence-electron chi connectivity index (χ0n) is 11.9. The molecule has 1 aliphatic carbocycles. The first-order valence-corrected chi connectivity index (χ1v) is 7.29. The number of hydrogen-bond acceptors (Lipinski definition) is 3. The van der Waals surface area contributed by atoms with Crippen molar-refractivity contribution in [3.8, 4) is 5.75 Å². The van der Waals surface area contributed by atoms with Crippen molar-refractivity contribution in [2.75, 3.05) is 11.9 Å². The van der Waals surface area contributed by atoms with Crippen LogP contribution >= 0.6 is 0 Å². The van der Waals surface area contributed by atoms with Gasteiger partial charge in [-0.15, -0.1) is 13.2 Å². The van der Waals surface area contributed by atoms with E-state index in [2.05, 4.69) is 21.9 Å². The Kier molecular flexibility index (Phi) is 3.73. The predicted octanol–water partition coefficient (Wildman–Crippen LogP) is 3.62. The molecule has 2 fully saturated rings. The van der Waals surface area contributed by atoms with Crippen LogP contribution in [0.2, 0.25) is 0 Å². The number of anilines is 1. The molecule has 1 aromatic rings. The maximum absolute atomic E-state index is 12.2. The summed E-state index contributed by atoms with van der Waals surface area (Å²) >= 11 is 0. The molecule has 1 saturated heterocycles. The highest BCUT2D eigenvalue weighted by molar-refractivity contribution is 5.49. The number of halogens is 3. The van der Waals surface area contributed by atoms with E-state index in [-0.39, 0.29) is 11.8 Å². The van der Waals surface area contributed by atoms with Crippen molar-refractivity contribution >= 4 is 5.69 Å². The van der Waals surface area contributed by atoms with Gasteiger partial charge in [0.1, 0.15) is 5.75 Å². The second kappa shape index (κ2) is 5.40. The lowest BCUT2D eigenvalue weighted by molar-refractivity contribution is -0.274. The lowest BCUT2D eigenvalue weighted by Gasteiger charge is -2.20. The highest BCUT2D eigenvalue weighted by Crippen LogP contribution is 2.34. The van der Waals surface area contributed by atoms with Crippen molar-refractivity contribution in [3.63, 3.8) is 0 Å². The molecule has 0 bridgehead atoms. The number of nitrogens with zero attached hydrogens (tertiary/aromatic N) is 1. The van der Waals surface area contributed by atoms with Crippen LogP contribution in [0.25, 0.3) is 0 Å². The number of nitrogens with one attached hydrogen (secondary N) is 1. The summed E-state index contributed by atoms with van der Waals surface area (Å²) in [5, 5.41) is 3.32. The molecule has 0 aromatic heterocycles. The summed E-state index contributed by atoms with van der Waals surface area (Å²) in [6.07, 6.45) is -1.10. The second-order valence-electron chi connectivity index (χ2n) is 5.93. The minimum atomic E-state index is -4.65. The predicted molar refractivity (Wildman–Crippen MR) is 74.3 cm³/mol. The third-order valence-electron chi connectivity index (χ3n) is 4.08. The smallest absolute Gasteiger partial charge is 0.406 e. The zero-order valence-corrected chi connectivity index (χ0v) is 11.9.